The topological polar surface area (TPSA) is 46.2 Å². The third kappa shape index (κ3) is 4.14. The van der Waals surface area contributed by atoms with E-state index in [1.807, 2.05) is 36.4 Å². The van der Waals surface area contributed by atoms with E-state index in [2.05, 4.69) is 24.3 Å². The Balaban J connectivity index is 1.47. The molecule has 2 heterocycles. The van der Waals surface area contributed by atoms with Gasteiger partial charge in [-0.05, 0) is 24.0 Å². The van der Waals surface area contributed by atoms with Crippen molar-refractivity contribution in [2.24, 2.45) is 0 Å². The molecule has 28 heavy (non-hydrogen) atoms. The van der Waals surface area contributed by atoms with Gasteiger partial charge in [0.2, 0.25) is 0 Å². The summed E-state index contributed by atoms with van der Waals surface area (Å²) in [7, 11) is 1.65. The quantitative estimate of drug-likeness (QED) is 0.694. The van der Waals surface area contributed by atoms with Crippen LogP contribution in [-0.4, -0.2) is 44.4 Å². The summed E-state index contributed by atoms with van der Waals surface area (Å²) in [5.41, 5.74) is 1.70. The fourth-order valence-corrected chi connectivity index (χ4v) is 4.10. The van der Waals surface area contributed by atoms with Crippen LogP contribution in [0.3, 0.4) is 0 Å². The minimum Gasteiger partial charge on any atom is -0.374 e. The van der Waals surface area contributed by atoms with Gasteiger partial charge in [-0.2, -0.15) is 0 Å². The first-order valence-corrected chi connectivity index (χ1v) is 9.91. The SMILES string of the molecule is CO[C@@H]1O[C@H](COCc2ccccc2)[C@]2(OCc3ccccc3)CCCO[C@@H]12. The van der Waals surface area contributed by atoms with Crippen molar-refractivity contribution < 1.29 is 23.7 Å². The number of rotatable bonds is 8. The van der Waals surface area contributed by atoms with Crippen LogP contribution in [0.2, 0.25) is 0 Å². The smallest absolute Gasteiger partial charge is 0.186 e. The van der Waals surface area contributed by atoms with E-state index < -0.39 is 11.9 Å². The summed E-state index contributed by atoms with van der Waals surface area (Å²) in [6, 6.07) is 20.3. The van der Waals surface area contributed by atoms with Gasteiger partial charge in [0.15, 0.2) is 6.29 Å². The van der Waals surface area contributed by atoms with Gasteiger partial charge in [-0.1, -0.05) is 60.7 Å². The Bertz CT molecular complexity index is 722. The number of hydrogen-bond acceptors (Lipinski definition) is 5. The van der Waals surface area contributed by atoms with Crippen LogP contribution in [0.1, 0.15) is 24.0 Å². The van der Waals surface area contributed by atoms with Crippen LogP contribution in [0.5, 0.6) is 0 Å². The van der Waals surface area contributed by atoms with Gasteiger partial charge in [-0.25, -0.2) is 0 Å². The molecule has 150 valence electrons. The van der Waals surface area contributed by atoms with Gasteiger partial charge in [-0.3, -0.25) is 0 Å². The highest BCUT2D eigenvalue weighted by molar-refractivity contribution is 5.15. The summed E-state index contributed by atoms with van der Waals surface area (Å²) >= 11 is 0. The summed E-state index contributed by atoms with van der Waals surface area (Å²) in [4.78, 5) is 0. The van der Waals surface area contributed by atoms with Gasteiger partial charge in [-0.15, -0.1) is 0 Å². The second-order valence-electron chi connectivity index (χ2n) is 7.35. The zero-order valence-electron chi connectivity index (χ0n) is 16.3. The van der Waals surface area contributed by atoms with E-state index in [1.165, 1.54) is 0 Å². The summed E-state index contributed by atoms with van der Waals surface area (Å²) in [5, 5.41) is 0. The van der Waals surface area contributed by atoms with Crippen LogP contribution < -0.4 is 0 Å². The maximum absolute atomic E-state index is 6.52. The molecule has 0 radical (unpaired) electrons. The van der Waals surface area contributed by atoms with E-state index in [4.69, 9.17) is 23.7 Å². The highest BCUT2D eigenvalue weighted by atomic mass is 16.7. The summed E-state index contributed by atoms with van der Waals surface area (Å²) < 4.78 is 30.3. The summed E-state index contributed by atoms with van der Waals surface area (Å²) in [6.45, 7) is 2.18. The minimum atomic E-state index is -0.564. The molecule has 0 aromatic heterocycles. The molecule has 0 saturated carbocycles. The van der Waals surface area contributed by atoms with E-state index >= 15 is 0 Å². The van der Waals surface area contributed by atoms with E-state index in [9.17, 15) is 0 Å². The maximum Gasteiger partial charge on any atom is 0.186 e. The van der Waals surface area contributed by atoms with Gasteiger partial charge in [0.05, 0.1) is 19.8 Å². The van der Waals surface area contributed by atoms with Crippen molar-refractivity contribution in [2.45, 2.75) is 50.2 Å². The van der Waals surface area contributed by atoms with Crippen LogP contribution >= 0.6 is 0 Å². The second-order valence-corrected chi connectivity index (χ2v) is 7.35. The van der Waals surface area contributed by atoms with Crippen molar-refractivity contribution in [3.63, 3.8) is 0 Å². The average molecular weight is 384 g/mol. The number of ether oxygens (including phenoxy) is 5. The molecule has 2 aliphatic rings. The van der Waals surface area contributed by atoms with Crippen molar-refractivity contribution in [3.8, 4) is 0 Å². The molecule has 4 rings (SSSR count). The van der Waals surface area contributed by atoms with Crippen LogP contribution in [0, 0.1) is 0 Å². The number of hydrogen-bond donors (Lipinski definition) is 0. The van der Waals surface area contributed by atoms with Crippen LogP contribution in [0.15, 0.2) is 60.7 Å². The predicted molar refractivity (Wildman–Crippen MR) is 105 cm³/mol. The Morgan fingerprint density at radius 1 is 0.964 bits per heavy atom. The molecule has 5 heteroatoms. The van der Waals surface area contributed by atoms with Crippen LogP contribution in [0.4, 0.5) is 0 Å². The van der Waals surface area contributed by atoms with E-state index in [-0.39, 0.29) is 12.2 Å². The number of benzene rings is 2. The largest absolute Gasteiger partial charge is 0.374 e. The van der Waals surface area contributed by atoms with Gasteiger partial charge < -0.3 is 23.7 Å². The molecular weight excluding hydrogens is 356 g/mol. The highest BCUT2D eigenvalue weighted by Gasteiger charge is 2.60. The predicted octanol–water partition coefficient (Wildman–Crippen LogP) is 3.71. The van der Waals surface area contributed by atoms with Crippen LogP contribution in [-0.2, 0) is 36.9 Å². The number of methoxy groups -OCH3 is 1. The van der Waals surface area contributed by atoms with Crippen molar-refractivity contribution in [2.75, 3.05) is 20.3 Å². The number of fused-ring (bicyclic) bond motifs is 1. The lowest BCUT2D eigenvalue weighted by atomic mass is 9.85. The molecule has 2 aromatic carbocycles. The first-order chi connectivity index (χ1) is 13.8. The maximum atomic E-state index is 6.52. The van der Waals surface area contributed by atoms with Crippen molar-refractivity contribution >= 4 is 0 Å². The molecular formula is C23H28O5. The fourth-order valence-electron chi connectivity index (χ4n) is 4.10. The molecule has 5 nitrogen and oxygen atoms in total. The Kier molecular flexibility index (Phi) is 6.40. The monoisotopic (exact) mass is 384 g/mol. The summed E-state index contributed by atoms with van der Waals surface area (Å²) in [6.07, 6.45) is 0.862. The van der Waals surface area contributed by atoms with E-state index in [1.54, 1.807) is 7.11 Å². The average Bonchev–Trinajstić information content (AvgIpc) is 3.08. The van der Waals surface area contributed by atoms with E-state index in [0.717, 1.165) is 24.0 Å². The normalized spacial score (nSPS) is 29.5. The minimum absolute atomic E-state index is 0.241. The molecule has 0 aliphatic carbocycles. The molecule has 2 fully saturated rings. The molecule has 2 aliphatic heterocycles. The van der Waals surface area contributed by atoms with Gasteiger partial charge in [0, 0.05) is 13.7 Å². The van der Waals surface area contributed by atoms with Gasteiger partial charge in [0.1, 0.15) is 17.8 Å². The molecule has 4 atom stereocenters. The third-order valence-electron chi connectivity index (χ3n) is 5.54. The fraction of sp³-hybridized carbons (Fsp3) is 0.478. The van der Waals surface area contributed by atoms with Crippen LogP contribution in [0.25, 0.3) is 0 Å². The third-order valence-corrected chi connectivity index (χ3v) is 5.54. The lowest BCUT2D eigenvalue weighted by molar-refractivity contribution is -0.198. The van der Waals surface area contributed by atoms with Crippen molar-refractivity contribution in [1.29, 1.82) is 0 Å². The van der Waals surface area contributed by atoms with E-state index in [0.29, 0.717) is 26.4 Å². The lowest BCUT2D eigenvalue weighted by Gasteiger charge is -2.41. The molecule has 0 bridgehead atoms. The Labute approximate surface area is 166 Å². The standard InChI is InChI=1S/C23H28O5/c1-24-22-21-23(13-8-14-26-21,27-16-19-11-6-3-7-12-19)20(28-22)17-25-15-18-9-4-2-5-10-18/h2-7,9-12,20-22H,8,13-17H2,1H3/t20-,21+,22-,23-/m1/s1. The van der Waals surface area contributed by atoms with Crippen molar-refractivity contribution in [3.05, 3.63) is 71.8 Å². The van der Waals surface area contributed by atoms with Gasteiger partial charge in [0.25, 0.3) is 0 Å². The lowest BCUT2D eigenvalue weighted by Crippen LogP contribution is -2.55. The first-order valence-electron chi connectivity index (χ1n) is 9.91. The molecule has 0 N–H and O–H groups in total. The summed E-state index contributed by atoms with van der Waals surface area (Å²) in [5.74, 6) is 0. The van der Waals surface area contributed by atoms with Crippen molar-refractivity contribution in [1.82, 2.24) is 0 Å². The molecule has 0 amide bonds. The van der Waals surface area contributed by atoms with Gasteiger partial charge >= 0.3 is 0 Å². The second kappa shape index (κ2) is 9.16. The zero-order chi connectivity index (χ0) is 19.2. The molecule has 2 saturated heterocycles. The Morgan fingerprint density at radius 3 is 2.32 bits per heavy atom. The Morgan fingerprint density at radius 2 is 1.64 bits per heavy atom. The molecule has 2 aromatic rings. The first kappa shape index (κ1) is 19.6. The highest BCUT2D eigenvalue weighted by Crippen LogP contribution is 2.43. The molecule has 0 spiro atoms. The zero-order valence-corrected chi connectivity index (χ0v) is 16.3. The Hall–Kier alpha value is -1.76. The molecule has 0 unspecified atom stereocenters.